The minimum Gasteiger partial charge on any atom is -0.491 e. The molecule has 1 aromatic carbocycles. The maximum Gasteiger partial charge on any atom is 0.258 e. The highest BCUT2D eigenvalue weighted by atomic mass is 19.1. The second-order valence-corrected chi connectivity index (χ2v) is 7.32. The van der Waals surface area contributed by atoms with E-state index in [0.717, 1.165) is 12.8 Å². The summed E-state index contributed by atoms with van der Waals surface area (Å²) in [6.07, 6.45) is 1.88. The third-order valence-corrected chi connectivity index (χ3v) is 3.86. The first-order valence-electron chi connectivity index (χ1n) is 8.46. The van der Waals surface area contributed by atoms with Gasteiger partial charge in [-0.1, -0.05) is 34.1 Å². The maximum absolute atomic E-state index is 13.7. The van der Waals surface area contributed by atoms with E-state index >= 15 is 0 Å². The maximum atomic E-state index is 13.7. The van der Waals surface area contributed by atoms with E-state index in [0.29, 0.717) is 35.4 Å². The molecule has 1 aromatic heterocycles. The number of hydrogen-bond donors (Lipinski definition) is 1. The number of nitrogens with two attached hydrogens (primary N) is 1. The van der Waals surface area contributed by atoms with Crippen molar-refractivity contribution in [3.8, 4) is 5.75 Å². The van der Waals surface area contributed by atoms with Gasteiger partial charge in [-0.2, -0.15) is 0 Å². The van der Waals surface area contributed by atoms with Crippen LogP contribution in [0.5, 0.6) is 5.75 Å². The summed E-state index contributed by atoms with van der Waals surface area (Å²) in [5.41, 5.74) is 6.32. The monoisotopic (exact) mass is 334 g/mol. The van der Waals surface area contributed by atoms with Crippen molar-refractivity contribution >= 4 is 10.8 Å². The molecule has 0 amide bonds. The van der Waals surface area contributed by atoms with Crippen molar-refractivity contribution in [2.75, 3.05) is 6.61 Å². The summed E-state index contributed by atoms with van der Waals surface area (Å²) in [6, 6.07) is 4.20. The average molecular weight is 334 g/mol. The lowest BCUT2D eigenvalue weighted by Gasteiger charge is -2.25. The van der Waals surface area contributed by atoms with Gasteiger partial charge in [-0.25, -0.2) is 4.39 Å². The largest absolute Gasteiger partial charge is 0.491 e. The Kier molecular flexibility index (Phi) is 5.65. The number of unbranched alkanes of at least 4 members (excludes halogenated alkanes) is 1. The lowest BCUT2D eigenvalue weighted by Crippen LogP contribution is -2.31. The Bertz CT molecular complexity index is 776. The molecule has 0 saturated carbocycles. The van der Waals surface area contributed by atoms with Gasteiger partial charge in [-0.3, -0.25) is 4.79 Å². The van der Waals surface area contributed by atoms with Crippen molar-refractivity contribution in [1.29, 1.82) is 0 Å². The lowest BCUT2D eigenvalue weighted by atomic mass is 9.96. The predicted molar refractivity (Wildman–Crippen MR) is 95.9 cm³/mol. The van der Waals surface area contributed by atoms with Crippen LogP contribution in [0.3, 0.4) is 0 Å². The van der Waals surface area contributed by atoms with E-state index in [1.54, 1.807) is 4.57 Å². The van der Waals surface area contributed by atoms with Crippen LogP contribution in [0.15, 0.2) is 23.0 Å². The van der Waals surface area contributed by atoms with Crippen LogP contribution in [-0.4, -0.2) is 11.2 Å². The van der Waals surface area contributed by atoms with Gasteiger partial charge in [0.1, 0.15) is 11.6 Å². The molecule has 0 unspecified atom stereocenters. The van der Waals surface area contributed by atoms with Crippen LogP contribution in [0, 0.1) is 11.2 Å². The second-order valence-electron chi connectivity index (χ2n) is 7.32. The molecule has 0 fully saturated rings. The molecule has 0 aliphatic heterocycles. The van der Waals surface area contributed by atoms with Gasteiger partial charge in [-0.15, -0.1) is 0 Å². The molecule has 0 saturated heterocycles. The Balaban J connectivity index is 2.74. The van der Waals surface area contributed by atoms with Gasteiger partial charge >= 0.3 is 0 Å². The van der Waals surface area contributed by atoms with E-state index in [-0.39, 0.29) is 17.5 Å². The summed E-state index contributed by atoms with van der Waals surface area (Å²) in [5.74, 6) is 0.142. The number of benzene rings is 1. The lowest BCUT2D eigenvalue weighted by molar-refractivity contribution is 0.295. The molecular formula is C19H27FN2O2. The van der Waals surface area contributed by atoms with E-state index in [1.165, 1.54) is 18.2 Å². The van der Waals surface area contributed by atoms with E-state index in [9.17, 15) is 9.18 Å². The highest BCUT2D eigenvalue weighted by Gasteiger charge is 2.21. The molecule has 0 radical (unpaired) electrons. The van der Waals surface area contributed by atoms with E-state index in [4.69, 9.17) is 10.5 Å². The molecule has 132 valence electrons. The number of hydrogen-bond acceptors (Lipinski definition) is 3. The third-order valence-electron chi connectivity index (χ3n) is 3.86. The van der Waals surface area contributed by atoms with Crippen LogP contribution in [0.4, 0.5) is 4.39 Å². The van der Waals surface area contributed by atoms with Crippen molar-refractivity contribution in [3.05, 3.63) is 40.1 Å². The number of pyridine rings is 1. The summed E-state index contributed by atoms with van der Waals surface area (Å²) < 4.78 is 21.4. The Morgan fingerprint density at radius 1 is 1.25 bits per heavy atom. The summed E-state index contributed by atoms with van der Waals surface area (Å²) in [4.78, 5) is 12.9. The Morgan fingerprint density at radius 2 is 1.96 bits per heavy atom. The van der Waals surface area contributed by atoms with Crippen LogP contribution in [-0.2, 0) is 13.1 Å². The topological polar surface area (TPSA) is 57.2 Å². The first-order chi connectivity index (χ1) is 11.3. The van der Waals surface area contributed by atoms with Gasteiger partial charge in [0.15, 0.2) is 0 Å². The number of aromatic nitrogens is 1. The quantitative estimate of drug-likeness (QED) is 0.817. The Morgan fingerprint density at radius 3 is 2.54 bits per heavy atom. The number of fused-ring (bicyclic) bond motifs is 1. The number of rotatable bonds is 6. The summed E-state index contributed by atoms with van der Waals surface area (Å²) in [6.45, 7) is 9.47. The van der Waals surface area contributed by atoms with Crippen molar-refractivity contribution < 1.29 is 9.13 Å². The van der Waals surface area contributed by atoms with Gasteiger partial charge in [-0.05, 0) is 30.0 Å². The van der Waals surface area contributed by atoms with E-state index in [1.807, 2.05) is 0 Å². The molecule has 2 rings (SSSR count). The van der Waals surface area contributed by atoms with E-state index in [2.05, 4.69) is 27.7 Å². The van der Waals surface area contributed by atoms with Gasteiger partial charge in [0.2, 0.25) is 0 Å². The van der Waals surface area contributed by atoms with Crippen LogP contribution in [0.2, 0.25) is 0 Å². The molecule has 0 bridgehead atoms. The molecule has 0 aliphatic rings. The molecular weight excluding hydrogens is 307 g/mol. The van der Waals surface area contributed by atoms with Gasteiger partial charge in [0.05, 0.1) is 17.7 Å². The third kappa shape index (κ3) is 3.96. The van der Waals surface area contributed by atoms with Gasteiger partial charge in [0, 0.05) is 18.5 Å². The molecule has 0 aliphatic carbocycles. The first-order valence-corrected chi connectivity index (χ1v) is 8.46. The van der Waals surface area contributed by atoms with Crippen molar-refractivity contribution in [1.82, 2.24) is 4.57 Å². The van der Waals surface area contributed by atoms with Crippen LogP contribution in [0.25, 0.3) is 10.8 Å². The average Bonchev–Trinajstić information content (AvgIpc) is 2.50. The molecule has 24 heavy (non-hydrogen) atoms. The molecule has 5 heteroatoms. The van der Waals surface area contributed by atoms with Crippen LogP contribution in [0.1, 0.15) is 46.2 Å². The summed E-state index contributed by atoms with van der Waals surface area (Å²) in [7, 11) is 0. The number of halogens is 1. The Hall–Kier alpha value is -1.88. The fourth-order valence-electron chi connectivity index (χ4n) is 2.76. The highest BCUT2D eigenvalue weighted by Crippen LogP contribution is 2.30. The fraction of sp³-hybridized carbons (Fsp3) is 0.526. The molecule has 4 nitrogen and oxygen atoms in total. The molecule has 1 heterocycles. The predicted octanol–water partition coefficient (Wildman–Crippen LogP) is 3.82. The molecule has 0 spiro atoms. The minimum atomic E-state index is -0.390. The van der Waals surface area contributed by atoms with Crippen molar-refractivity contribution in [3.63, 3.8) is 0 Å². The zero-order chi connectivity index (χ0) is 17.9. The smallest absolute Gasteiger partial charge is 0.258 e. The SMILES string of the molecule is CCCCOc1c(CN)n(CC(C)(C)C)c(=O)c2ccc(F)cc12. The van der Waals surface area contributed by atoms with Gasteiger partial charge < -0.3 is 15.0 Å². The molecule has 0 atom stereocenters. The number of ether oxygens (including phenoxy) is 1. The normalized spacial score (nSPS) is 11.9. The van der Waals surface area contributed by atoms with Crippen LogP contribution < -0.4 is 16.0 Å². The number of nitrogens with zero attached hydrogens (tertiary/aromatic N) is 1. The fourth-order valence-corrected chi connectivity index (χ4v) is 2.76. The highest BCUT2D eigenvalue weighted by molar-refractivity contribution is 5.88. The second kappa shape index (κ2) is 7.34. The van der Waals surface area contributed by atoms with E-state index < -0.39 is 5.82 Å². The van der Waals surface area contributed by atoms with Gasteiger partial charge in [0.25, 0.3) is 5.56 Å². The Labute approximate surface area is 142 Å². The molecule has 2 N–H and O–H groups in total. The van der Waals surface area contributed by atoms with Crippen molar-refractivity contribution in [2.45, 2.75) is 53.6 Å². The van der Waals surface area contributed by atoms with Crippen LogP contribution >= 0.6 is 0 Å². The standard InChI is InChI=1S/C19H27FN2O2/c1-5-6-9-24-17-15-10-13(20)7-8-14(15)18(23)22(16(17)11-21)12-19(2,3)4/h7-8,10H,5-6,9,11-12,21H2,1-4H3. The van der Waals surface area contributed by atoms with Crippen molar-refractivity contribution in [2.24, 2.45) is 11.1 Å². The minimum absolute atomic E-state index is 0.0951. The summed E-state index contributed by atoms with van der Waals surface area (Å²) in [5, 5.41) is 0.964. The summed E-state index contributed by atoms with van der Waals surface area (Å²) >= 11 is 0. The zero-order valence-electron chi connectivity index (χ0n) is 15.0. The molecule has 2 aromatic rings. The zero-order valence-corrected chi connectivity index (χ0v) is 15.0. The first kappa shape index (κ1) is 18.5.